The number of ether oxygens (including phenoxy) is 1. The van der Waals surface area contributed by atoms with Gasteiger partial charge in [0.2, 0.25) is 0 Å². The van der Waals surface area contributed by atoms with Crippen LogP contribution >= 0.6 is 0 Å². The lowest BCUT2D eigenvalue weighted by Crippen LogP contribution is -2.04. The van der Waals surface area contributed by atoms with E-state index in [9.17, 15) is 9.59 Å². The minimum Gasteiger partial charge on any atom is -0.478 e. The van der Waals surface area contributed by atoms with Crippen LogP contribution in [0.3, 0.4) is 0 Å². The summed E-state index contributed by atoms with van der Waals surface area (Å²) >= 11 is 0. The van der Waals surface area contributed by atoms with E-state index in [-0.39, 0.29) is 11.5 Å². The molecule has 6 heteroatoms. The van der Waals surface area contributed by atoms with E-state index in [2.05, 4.69) is 0 Å². The first-order chi connectivity index (χ1) is 10.3. The summed E-state index contributed by atoms with van der Waals surface area (Å²) in [4.78, 5) is 21.6. The molecule has 22 heavy (non-hydrogen) atoms. The molecule has 2 aromatic rings. The van der Waals surface area contributed by atoms with Crippen molar-refractivity contribution >= 4 is 11.9 Å². The summed E-state index contributed by atoms with van der Waals surface area (Å²) in [5.41, 5.74) is 0.770. The molecule has 2 aromatic heterocycles. The molecule has 0 saturated carbocycles. The molecule has 0 spiro atoms. The van der Waals surface area contributed by atoms with Gasteiger partial charge in [-0.3, -0.25) is 0 Å². The first kappa shape index (κ1) is 17.6. The Balaban J connectivity index is 0.000000224. The zero-order chi connectivity index (χ0) is 16.9. The van der Waals surface area contributed by atoms with Crippen LogP contribution in [0.4, 0.5) is 0 Å². The number of carbonyl (C=O) groups excluding carboxylic acids is 1. The number of carboxylic acids is 1. The number of furan rings is 2. The average molecular weight is 308 g/mol. The summed E-state index contributed by atoms with van der Waals surface area (Å²) in [6, 6.07) is 3.20. The Morgan fingerprint density at radius 3 is 1.73 bits per heavy atom. The monoisotopic (exact) mass is 308 g/mol. The van der Waals surface area contributed by atoms with Crippen molar-refractivity contribution in [1.82, 2.24) is 0 Å². The lowest BCUT2D eigenvalue weighted by Gasteiger charge is -1.97. The molecule has 0 aromatic carbocycles. The van der Waals surface area contributed by atoms with Crippen molar-refractivity contribution in [2.24, 2.45) is 0 Å². The molecule has 0 radical (unpaired) electrons. The number of hydrogen-bond donors (Lipinski definition) is 1. The second kappa shape index (κ2) is 7.49. The van der Waals surface area contributed by atoms with E-state index >= 15 is 0 Å². The van der Waals surface area contributed by atoms with Crippen LogP contribution in [-0.2, 0) is 4.74 Å². The van der Waals surface area contributed by atoms with E-state index in [0.29, 0.717) is 29.5 Å². The summed E-state index contributed by atoms with van der Waals surface area (Å²) in [5.74, 6) is 1.20. The van der Waals surface area contributed by atoms with Gasteiger partial charge >= 0.3 is 11.9 Å². The fourth-order valence-corrected chi connectivity index (χ4v) is 1.89. The topological polar surface area (TPSA) is 89.9 Å². The third-order valence-electron chi connectivity index (χ3n) is 2.81. The molecule has 0 aliphatic rings. The first-order valence-corrected chi connectivity index (χ1v) is 6.80. The second-order valence-electron chi connectivity index (χ2n) is 4.68. The van der Waals surface area contributed by atoms with Crippen molar-refractivity contribution in [3.05, 3.63) is 46.3 Å². The van der Waals surface area contributed by atoms with Gasteiger partial charge in [0.25, 0.3) is 0 Å². The highest BCUT2D eigenvalue weighted by molar-refractivity contribution is 5.90. The molecule has 0 amide bonds. The summed E-state index contributed by atoms with van der Waals surface area (Å²) in [5, 5.41) is 8.52. The molecular formula is C16H20O6. The number of hydrogen-bond acceptors (Lipinski definition) is 5. The molecule has 0 unspecified atom stereocenters. The van der Waals surface area contributed by atoms with Crippen molar-refractivity contribution in [1.29, 1.82) is 0 Å². The highest BCUT2D eigenvalue weighted by Gasteiger charge is 2.13. The summed E-state index contributed by atoms with van der Waals surface area (Å²) in [6.45, 7) is 9.08. The van der Waals surface area contributed by atoms with Crippen molar-refractivity contribution in [2.75, 3.05) is 6.61 Å². The maximum atomic E-state index is 11.2. The van der Waals surface area contributed by atoms with E-state index in [1.807, 2.05) is 0 Å². The van der Waals surface area contributed by atoms with Gasteiger partial charge in [0.05, 0.1) is 6.61 Å². The van der Waals surface area contributed by atoms with Crippen LogP contribution in [0.2, 0.25) is 0 Å². The van der Waals surface area contributed by atoms with Crippen LogP contribution in [0, 0.1) is 27.7 Å². The van der Waals surface area contributed by atoms with E-state index < -0.39 is 5.97 Å². The molecule has 0 saturated heterocycles. The smallest absolute Gasteiger partial charge is 0.341 e. The Kier molecular flexibility index (Phi) is 5.98. The fraction of sp³-hybridized carbons (Fsp3) is 0.375. The third-order valence-corrected chi connectivity index (χ3v) is 2.81. The van der Waals surface area contributed by atoms with Crippen LogP contribution in [0.15, 0.2) is 21.0 Å². The maximum absolute atomic E-state index is 11.2. The minimum absolute atomic E-state index is 0.248. The van der Waals surface area contributed by atoms with Crippen molar-refractivity contribution in [3.8, 4) is 0 Å². The summed E-state index contributed by atoms with van der Waals surface area (Å²) < 4.78 is 15.0. The van der Waals surface area contributed by atoms with Crippen molar-refractivity contribution < 1.29 is 28.3 Å². The Morgan fingerprint density at radius 1 is 1.00 bits per heavy atom. The maximum Gasteiger partial charge on any atom is 0.341 e. The lowest BCUT2D eigenvalue weighted by atomic mass is 10.2. The first-order valence-electron chi connectivity index (χ1n) is 6.80. The third kappa shape index (κ3) is 4.51. The number of carboxylic acid groups (broad SMARTS) is 1. The molecular weight excluding hydrogens is 288 g/mol. The highest BCUT2D eigenvalue weighted by atomic mass is 16.5. The standard InChI is InChI=1S/C9H12O3.C7H8O3/c1-4-11-9(10)8-5-6(2)12-7(8)3;1-4-3-6(7(8)9)5(2)10-4/h5H,4H2,1-3H3;3H,1-2H3,(H,8,9). The minimum atomic E-state index is -0.936. The van der Waals surface area contributed by atoms with Gasteiger partial charge in [-0.1, -0.05) is 0 Å². The molecule has 0 bridgehead atoms. The van der Waals surface area contributed by atoms with Crippen LogP contribution < -0.4 is 0 Å². The molecule has 6 nitrogen and oxygen atoms in total. The van der Waals surface area contributed by atoms with Crippen LogP contribution in [0.25, 0.3) is 0 Å². The van der Waals surface area contributed by atoms with Crippen LogP contribution in [0.5, 0.6) is 0 Å². The van der Waals surface area contributed by atoms with E-state index in [1.165, 1.54) is 6.07 Å². The van der Waals surface area contributed by atoms with Gasteiger partial charge in [-0.2, -0.15) is 0 Å². The second-order valence-corrected chi connectivity index (χ2v) is 4.68. The van der Waals surface area contributed by atoms with E-state index in [1.54, 1.807) is 40.7 Å². The Labute approximate surface area is 128 Å². The largest absolute Gasteiger partial charge is 0.478 e. The number of carbonyl (C=O) groups is 2. The Bertz CT molecular complexity index is 662. The highest BCUT2D eigenvalue weighted by Crippen LogP contribution is 2.14. The SMILES string of the molecule is CCOC(=O)c1cc(C)oc1C.Cc1cc(C(=O)O)c(C)o1. The van der Waals surface area contributed by atoms with Crippen LogP contribution in [0.1, 0.15) is 50.7 Å². The van der Waals surface area contributed by atoms with Crippen molar-refractivity contribution in [3.63, 3.8) is 0 Å². The van der Waals surface area contributed by atoms with Crippen LogP contribution in [-0.4, -0.2) is 23.7 Å². The van der Waals surface area contributed by atoms with Gasteiger partial charge in [0.15, 0.2) is 0 Å². The average Bonchev–Trinajstić information content (AvgIpc) is 2.92. The predicted molar refractivity (Wildman–Crippen MR) is 79.3 cm³/mol. The predicted octanol–water partition coefficient (Wildman–Crippen LogP) is 3.67. The number of aromatic carboxylic acids is 1. The van der Waals surface area contributed by atoms with Gasteiger partial charge in [-0.05, 0) is 46.8 Å². The normalized spacial score (nSPS) is 9.86. The Hall–Kier alpha value is -2.50. The zero-order valence-electron chi connectivity index (χ0n) is 13.4. The summed E-state index contributed by atoms with van der Waals surface area (Å²) in [6.07, 6.45) is 0. The number of esters is 1. The fourth-order valence-electron chi connectivity index (χ4n) is 1.89. The van der Waals surface area contributed by atoms with Crippen molar-refractivity contribution in [2.45, 2.75) is 34.6 Å². The molecule has 1 N–H and O–H groups in total. The number of aryl methyl sites for hydroxylation is 4. The molecule has 2 heterocycles. The molecule has 0 aliphatic carbocycles. The van der Waals surface area contributed by atoms with Gasteiger partial charge in [-0.15, -0.1) is 0 Å². The zero-order valence-corrected chi connectivity index (χ0v) is 13.4. The quantitative estimate of drug-likeness (QED) is 0.870. The number of rotatable bonds is 3. The molecule has 0 atom stereocenters. The molecule has 0 fully saturated rings. The molecule has 0 aliphatic heterocycles. The van der Waals surface area contributed by atoms with E-state index in [4.69, 9.17) is 18.7 Å². The molecule has 2 rings (SSSR count). The van der Waals surface area contributed by atoms with Gasteiger partial charge in [0, 0.05) is 0 Å². The summed E-state index contributed by atoms with van der Waals surface area (Å²) in [7, 11) is 0. The van der Waals surface area contributed by atoms with Gasteiger partial charge in [0.1, 0.15) is 34.2 Å². The molecule has 120 valence electrons. The Morgan fingerprint density at radius 2 is 1.45 bits per heavy atom. The van der Waals surface area contributed by atoms with E-state index in [0.717, 1.165) is 5.76 Å². The van der Waals surface area contributed by atoms with Gasteiger partial charge < -0.3 is 18.7 Å². The van der Waals surface area contributed by atoms with Gasteiger partial charge in [-0.25, -0.2) is 9.59 Å². The lowest BCUT2D eigenvalue weighted by molar-refractivity contribution is 0.0523.